The number of rotatable bonds is 2. The van der Waals surface area contributed by atoms with Gasteiger partial charge in [0.1, 0.15) is 5.82 Å². The second kappa shape index (κ2) is 6.81. The smallest absolute Gasteiger partial charge is 0.222 e. The molecule has 2 aromatic rings. The molecule has 25 heavy (non-hydrogen) atoms. The maximum atomic E-state index is 6.17. The normalized spacial score (nSPS) is 21.2. The van der Waals surface area contributed by atoms with Crippen LogP contribution < -0.4 is 10.6 Å². The van der Waals surface area contributed by atoms with Gasteiger partial charge in [0.25, 0.3) is 0 Å². The maximum Gasteiger partial charge on any atom is 0.222 e. The van der Waals surface area contributed by atoms with Gasteiger partial charge < -0.3 is 15.5 Å². The molecule has 0 radical (unpaired) electrons. The van der Waals surface area contributed by atoms with Gasteiger partial charge in [-0.1, -0.05) is 23.7 Å². The van der Waals surface area contributed by atoms with E-state index in [0.29, 0.717) is 11.9 Å². The Morgan fingerprint density at radius 3 is 2.72 bits per heavy atom. The molecule has 2 N–H and O–H groups in total. The number of nitrogens with zero attached hydrogens (tertiary/aromatic N) is 4. The second-order valence-corrected chi connectivity index (χ2v) is 7.55. The van der Waals surface area contributed by atoms with Crippen LogP contribution in [0.5, 0.6) is 0 Å². The summed E-state index contributed by atoms with van der Waals surface area (Å²) in [5, 5.41) is 0.795. The molecule has 1 aliphatic carbocycles. The summed E-state index contributed by atoms with van der Waals surface area (Å²) in [6.07, 6.45) is 3.00. The third-order valence-electron chi connectivity index (χ3n) is 5.39. The number of fused-ring (bicyclic) bond motifs is 1. The minimum Gasteiger partial charge on any atom is -0.368 e. The summed E-state index contributed by atoms with van der Waals surface area (Å²) in [6, 6.07) is 8.18. The monoisotopic (exact) mass is 357 g/mol. The van der Waals surface area contributed by atoms with E-state index in [4.69, 9.17) is 17.3 Å². The van der Waals surface area contributed by atoms with Crippen molar-refractivity contribution < 1.29 is 0 Å². The third-order valence-corrected chi connectivity index (χ3v) is 5.63. The van der Waals surface area contributed by atoms with Crippen molar-refractivity contribution in [3.63, 3.8) is 0 Å². The van der Waals surface area contributed by atoms with Crippen molar-refractivity contribution in [1.82, 2.24) is 14.9 Å². The van der Waals surface area contributed by atoms with Crippen LogP contribution in [0.2, 0.25) is 5.02 Å². The van der Waals surface area contributed by atoms with Gasteiger partial charge in [-0.2, -0.15) is 4.98 Å². The van der Waals surface area contributed by atoms with E-state index >= 15 is 0 Å². The summed E-state index contributed by atoms with van der Waals surface area (Å²) in [5.74, 6) is 1.89. The Labute approximate surface area is 153 Å². The van der Waals surface area contributed by atoms with Crippen molar-refractivity contribution >= 4 is 23.4 Å². The molecule has 1 saturated heterocycles. The average Bonchev–Trinajstić information content (AvgIpc) is 2.61. The predicted molar refractivity (Wildman–Crippen MR) is 102 cm³/mol. The Hall–Kier alpha value is -1.85. The van der Waals surface area contributed by atoms with E-state index < -0.39 is 0 Å². The number of nitrogens with two attached hydrogens (primary N) is 1. The molecule has 5 nitrogen and oxygen atoms in total. The molecule has 1 atom stereocenters. The van der Waals surface area contributed by atoms with E-state index in [1.165, 1.54) is 11.1 Å². The molecule has 1 aromatic carbocycles. The molecule has 0 spiro atoms. The Kier molecular flexibility index (Phi) is 4.52. The lowest BCUT2D eigenvalue weighted by Crippen LogP contribution is -2.45. The zero-order valence-electron chi connectivity index (χ0n) is 14.6. The summed E-state index contributed by atoms with van der Waals surface area (Å²) >= 11 is 6.17. The molecular formula is C19H24ClN5. The first-order valence-corrected chi connectivity index (χ1v) is 9.32. The fraction of sp³-hybridized carbons (Fsp3) is 0.474. The van der Waals surface area contributed by atoms with Crippen molar-refractivity contribution in [3.05, 3.63) is 46.1 Å². The first kappa shape index (κ1) is 16.6. The number of piperazine rings is 1. The van der Waals surface area contributed by atoms with Crippen LogP contribution in [0.25, 0.3) is 0 Å². The van der Waals surface area contributed by atoms with Crippen LogP contribution in [-0.4, -0.2) is 48.1 Å². The summed E-state index contributed by atoms with van der Waals surface area (Å²) in [4.78, 5) is 13.9. The largest absolute Gasteiger partial charge is 0.368 e. The van der Waals surface area contributed by atoms with Gasteiger partial charge in [0.2, 0.25) is 5.95 Å². The summed E-state index contributed by atoms with van der Waals surface area (Å²) < 4.78 is 0. The molecule has 1 fully saturated rings. The topological polar surface area (TPSA) is 58.3 Å². The SMILES string of the molecule is CN1CCN(c2nc(N)nc3c2CCC(c2cccc(Cl)c2)C3)CC1. The number of halogens is 1. The highest BCUT2D eigenvalue weighted by Crippen LogP contribution is 2.36. The maximum absolute atomic E-state index is 6.17. The van der Waals surface area contributed by atoms with E-state index in [0.717, 1.165) is 62.0 Å². The molecule has 0 bridgehead atoms. The van der Waals surface area contributed by atoms with Crippen LogP contribution in [0.1, 0.15) is 29.2 Å². The Balaban J connectivity index is 1.62. The van der Waals surface area contributed by atoms with Crippen LogP contribution in [-0.2, 0) is 12.8 Å². The lowest BCUT2D eigenvalue weighted by molar-refractivity contribution is 0.311. The zero-order valence-corrected chi connectivity index (χ0v) is 15.3. The van der Waals surface area contributed by atoms with Crippen molar-refractivity contribution in [2.75, 3.05) is 43.9 Å². The van der Waals surface area contributed by atoms with Gasteiger partial charge in [-0.15, -0.1) is 0 Å². The van der Waals surface area contributed by atoms with Gasteiger partial charge in [0.15, 0.2) is 0 Å². The first-order valence-electron chi connectivity index (χ1n) is 8.94. The minimum absolute atomic E-state index is 0.388. The van der Waals surface area contributed by atoms with Crippen molar-refractivity contribution in [2.24, 2.45) is 0 Å². The number of anilines is 2. The van der Waals surface area contributed by atoms with Crippen LogP contribution in [0, 0.1) is 0 Å². The molecule has 0 saturated carbocycles. The first-order chi connectivity index (χ1) is 12.1. The fourth-order valence-electron chi connectivity index (χ4n) is 3.94. The van der Waals surface area contributed by atoms with E-state index in [2.05, 4.69) is 38.9 Å². The van der Waals surface area contributed by atoms with E-state index in [9.17, 15) is 0 Å². The van der Waals surface area contributed by atoms with Gasteiger partial charge >= 0.3 is 0 Å². The van der Waals surface area contributed by atoms with E-state index in [-0.39, 0.29) is 0 Å². The van der Waals surface area contributed by atoms with Gasteiger partial charge in [0, 0.05) is 36.8 Å². The van der Waals surface area contributed by atoms with Gasteiger partial charge in [-0.25, -0.2) is 4.98 Å². The zero-order chi connectivity index (χ0) is 17.4. The molecule has 1 unspecified atom stereocenters. The predicted octanol–water partition coefficient (Wildman–Crippen LogP) is 2.74. The number of hydrogen-bond acceptors (Lipinski definition) is 5. The average molecular weight is 358 g/mol. The Morgan fingerprint density at radius 2 is 1.96 bits per heavy atom. The summed E-state index contributed by atoms with van der Waals surface area (Å²) in [5.41, 5.74) is 9.73. The number of aromatic nitrogens is 2. The van der Waals surface area contributed by atoms with E-state index in [1.807, 2.05) is 12.1 Å². The Morgan fingerprint density at radius 1 is 1.16 bits per heavy atom. The number of hydrogen-bond donors (Lipinski definition) is 1. The Bertz CT molecular complexity index is 770. The van der Waals surface area contributed by atoms with Crippen molar-refractivity contribution in [3.8, 4) is 0 Å². The quantitative estimate of drug-likeness (QED) is 0.895. The molecule has 1 aromatic heterocycles. The molecule has 1 aliphatic heterocycles. The van der Waals surface area contributed by atoms with Gasteiger partial charge in [-0.3, -0.25) is 0 Å². The van der Waals surface area contributed by atoms with Crippen LogP contribution in [0.4, 0.5) is 11.8 Å². The van der Waals surface area contributed by atoms with Crippen molar-refractivity contribution in [1.29, 1.82) is 0 Å². The van der Waals surface area contributed by atoms with Crippen molar-refractivity contribution in [2.45, 2.75) is 25.2 Å². The summed E-state index contributed by atoms with van der Waals surface area (Å²) in [6.45, 7) is 4.11. The van der Waals surface area contributed by atoms with Gasteiger partial charge in [-0.05, 0) is 49.9 Å². The molecule has 4 rings (SSSR count). The highest BCUT2D eigenvalue weighted by molar-refractivity contribution is 6.30. The molecule has 132 valence electrons. The molecule has 0 amide bonds. The van der Waals surface area contributed by atoms with Crippen LogP contribution in [0.3, 0.4) is 0 Å². The highest BCUT2D eigenvalue weighted by Gasteiger charge is 2.27. The number of nitrogen functional groups attached to an aromatic ring is 1. The summed E-state index contributed by atoms with van der Waals surface area (Å²) in [7, 11) is 2.16. The molecule has 6 heteroatoms. The fourth-order valence-corrected chi connectivity index (χ4v) is 4.14. The van der Waals surface area contributed by atoms with Crippen LogP contribution >= 0.6 is 11.6 Å². The molecule has 2 heterocycles. The van der Waals surface area contributed by atoms with Gasteiger partial charge in [0.05, 0.1) is 5.69 Å². The number of benzene rings is 1. The van der Waals surface area contributed by atoms with Crippen LogP contribution in [0.15, 0.2) is 24.3 Å². The highest BCUT2D eigenvalue weighted by atomic mass is 35.5. The minimum atomic E-state index is 0.388. The third kappa shape index (κ3) is 3.44. The molecular weight excluding hydrogens is 334 g/mol. The lowest BCUT2D eigenvalue weighted by atomic mass is 9.82. The molecule has 2 aliphatic rings. The lowest BCUT2D eigenvalue weighted by Gasteiger charge is -2.36. The second-order valence-electron chi connectivity index (χ2n) is 7.12. The number of likely N-dealkylation sites (N-methyl/N-ethyl adjacent to an activating group) is 1. The standard InChI is InChI=1S/C19H24ClN5/c1-24-7-9-25(10-8-24)18-16-6-5-14(12-17(16)22-19(21)23-18)13-3-2-4-15(20)11-13/h2-4,11,14H,5-10,12H2,1H3,(H2,21,22,23). The van der Waals surface area contributed by atoms with E-state index in [1.54, 1.807) is 0 Å².